The van der Waals surface area contributed by atoms with Crippen molar-refractivity contribution in [2.45, 2.75) is 79.1 Å². The normalized spacial score (nSPS) is 26.2. The molecule has 5 rings (SSSR count). The summed E-state index contributed by atoms with van der Waals surface area (Å²) in [5.74, 6) is 2.12. The summed E-state index contributed by atoms with van der Waals surface area (Å²) < 4.78 is 11.8. The van der Waals surface area contributed by atoms with Crippen molar-refractivity contribution in [3.63, 3.8) is 0 Å². The van der Waals surface area contributed by atoms with Crippen molar-refractivity contribution >= 4 is 11.9 Å². The number of carbonyl (C=O) groups excluding carboxylic acids is 1. The zero-order valence-corrected chi connectivity index (χ0v) is 27.3. The molecule has 1 amide bonds. The molecule has 44 heavy (non-hydrogen) atoms. The number of nitrogens with zero attached hydrogens (tertiary/aromatic N) is 5. The summed E-state index contributed by atoms with van der Waals surface area (Å²) in [7, 11) is 1.53. The van der Waals surface area contributed by atoms with E-state index in [1.54, 1.807) is 30.6 Å². The molecule has 1 aliphatic carbocycles. The highest BCUT2D eigenvalue weighted by molar-refractivity contribution is 5.94. The number of aliphatic hydroxyl groups is 1. The minimum atomic E-state index is -0.356. The van der Waals surface area contributed by atoms with Gasteiger partial charge in [-0.1, -0.05) is 41.5 Å². The Labute approximate surface area is 261 Å². The number of aliphatic hydroxyl groups excluding tert-OH is 1. The number of ether oxygens (including phenoxy) is 2. The van der Waals surface area contributed by atoms with Crippen LogP contribution in [-0.2, 0) is 0 Å². The molecule has 0 bridgehead atoms. The van der Waals surface area contributed by atoms with Crippen LogP contribution in [0.1, 0.15) is 76.7 Å². The number of nitriles is 1. The number of aromatic nitrogens is 2. The lowest BCUT2D eigenvalue weighted by molar-refractivity contribution is -0.164. The molecule has 238 valence electrons. The molecule has 1 aromatic heterocycles. The first-order valence-electron chi connectivity index (χ1n) is 15.8. The highest BCUT2D eigenvalue weighted by Crippen LogP contribution is 2.55. The number of hydrogen-bond acceptors (Lipinski definition) is 9. The smallest absolute Gasteiger partial charge is 0.254 e. The van der Waals surface area contributed by atoms with Crippen molar-refractivity contribution in [3.8, 4) is 17.6 Å². The lowest BCUT2D eigenvalue weighted by Crippen LogP contribution is -2.74. The van der Waals surface area contributed by atoms with E-state index in [0.717, 1.165) is 52.0 Å². The Morgan fingerprint density at radius 1 is 1.07 bits per heavy atom. The van der Waals surface area contributed by atoms with Gasteiger partial charge in [0.15, 0.2) is 0 Å². The Hall–Kier alpha value is -3.42. The van der Waals surface area contributed by atoms with Gasteiger partial charge in [-0.2, -0.15) is 5.26 Å². The molecular formula is C34H48N6O4. The second kappa shape index (κ2) is 12.2. The molecule has 10 heteroatoms. The lowest BCUT2D eigenvalue weighted by Gasteiger charge is -2.63. The molecule has 3 aliphatic rings. The second-order valence-corrected chi connectivity index (χ2v) is 14.7. The zero-order valence-electron chi connectivity index (χ0n) is 27.3. The lowest BCUT2D eigenvalue weighted by atomic mass is 9.49. The molecule has 3 heterocycles. The Bertz CT molecular complexity index is 1360. The maximum Gasteiger partial charge on any atom is 0.254 e. The molecule has 10 nitrogen and oxygen atoms in total. The van der Waals surface area contributed by atoms with Crippen LogP contribution in [0.2, 0.25) is 0 Å². The van der Waals surface area contributed by atoms with Gasteiger partial charge in [-0.15, -0.1) is 0 Å². The number of benzene rings is 1. The molecule has 2 aromatic rings. The quantitative estimate of drug-likeness (QED) is 0.454. The van der Waals surface area contributed by atoms with Gasteiger partial charge in [-0.3, -0.25) is 4.79 Å². The minimum Gasteiger partial charge on any atom is -0.495 e. The highest BCUT2D eigenvalue weighted by atomic mass is 16.5. The van der Waals surface area contributed by atoms with E-state index in [9.17, 15) is 15.2 Å². The molecule has 3 fully saturated rings. The first-order chi connectivity index (χ1) is 20.8. The summed E-state index contributed by atoms with van der Waals surface area (Å²) in [5.41, 5.74) is 0.267. The van der Waals surface area contributed by atoms with Crippen LogP contribution in [0.4, 0.5) is 5.95 Å². The Balaban J connectivity index is 1.18. The molecule has 0 spiro atoms. The van der Waals surface area contributed by atoms with Gasteiger partial charge < -0.3 is 29.7 Å². The molecule has 1 unspecified atom stereocenters. The largest absolute Gasteiger partial charge is 0.495 e. The maximum absolute atomic E-state index is 13.4. The molecule has 1 aromatic carbocycles. The molecule has 2 aliphatic heterocycles. The summed E-state index contributed by atoms with van der Waals surface area (Å²) in [4.78, 5) is 27.3. The van der Waals surface area contributed by atoms with E-state index in [1.807, 2.05) is 0 Å². The first-order valence-corrected chi connectivity index (χ1v) is 15.8. The summed E-state index contributed by atoms with van der Waals surface area (Å²) >= 11 is 0. The number of hydrogen-bond donors (Lipinski definition) is 2. The average Bonchev–Trinajstić information content (AvgIpc) is 3.00. The number of rotatable bonds is 8. The highest BCUT2D eigenvalue weighted by Gasteiger charge is 2.64. The van der Waals surface area contributed by atoms with E-state index in [0.29, 0.717) is 34.5 Å². The van der Waals surface area contributed by atoms with Gasteiger partial charge in [-0.05, 0) is 42.7 Å². The van der Waals surface area contributed by atoms with Crippen LogP contribution in [0, 0.1) is 33.5 Å². The van der Waals surface area contributed by atoms with E-state index in [2.05, 4.69) is 72.7 Å². The van der Waals surface area contributed by atoms with Gasteiger partial charge in [0.1, 0.15) is 23.7 Å². The number of amides is 1. The Kier molecular flexibility index (Phi) is 8.85. The summed E-state index contributed by atoms with van der Waals surface area (Å²) in [5, 5.41) is 22.4. The van der Waals surface area contributed by atoms with Crippen LogP contribution in [0.3, 0.4) is 0 Å². The summed E-state index contributed by atoms with van der Waals surface area (Å²) in [6, 6.07) is 7.19. The van der Waals surface area contributed by atoms with Gasteiger partial charge >= 0.3 is 0 Å². The second-order valence-electron chi connectivity index (χ2n) is 14.7. The van der Waals surface area contributed by atoms with Crippen LogP contribution in [0.15, 0.2) is 30.6 Å². The van der Waals surface area contributed by atoms with Gasteiger partial charge in [0.25, 0.3) is 5.91 Å². The van der Waals surface area contributed by atoms with Crippen molar-refractivity contribution in [1.82, 2.24) is 20.2 Å². The number of nitrogens with one attached hydrogen (secondary N) is 1. The average molecular weight is 605 g/mol. The first kappa shape index (κ1) is 32.0. The fourth-order valence-electron chi connectivity index (χ4n) is 7.91. The third-order valence-corrected chi connectivity index (χ3v) is 10.3. The monoisotopic (exact) mass is 604 g/mol. The minimum absolute atomic E-state index is 0.0939. The molecule has 0 radical (unpaired) electrons. The van der Waals surface area contributed by atoms with Gasteiger partial charge in [0, 0.05) is 68.1 Å². The molecule has 2 saturated heterocycles. The van der Waals surface area contributed by atoms with E-state index in [1.165, 1.54) is 7.11 Å². The Morgan fingerprint density at radius 3 is 2.32 bits per heavy atom. The van der Waals surface area contributed by atoms with Crippen molar-refractivity contribution in [1.29, 1.82) is 5.26 Å². The van der Waals surface area contributed by atoms with Crippen molar-refractivity contribution in [3.05, 3.63) is 41.7 Å². The van der Waals surface area contributed by atoms with Crippen molar-refractivity contribution < 1.29 is 19.4 Å². The predicted octanol–water partition coefficient (Wildman–Crippen LogP) is 4.28. The van der Waals surface area contributed by atoms with E-state index >= 15 is 0 Å². The fourth-order valence-corrected chi connectivity index (χ4v) is 7.91. The number of anilines is 1. The number of likely N-dealkylation sites (tertiary alicyclic amines) is 1. The Morgan fingerprint density at radius 2 is 1.73 bits per heavy atom. The number of piperidine rings is 2. The standard InChI is InChI=1S/C34H48N6O4/c1-32(2)21-40(15-10-24(32)20-39-13-11-25(41)12-14-39)31-36-18-23(19-37-31)28(42)38-29-33(3,4)30(34(29,5)6)44-26-9-8-22(17-35)27(16-26)43-7/h8-9,16,18-19,24-25,29-30,41H,10-15,20-21H2,1-7H3,(H,38,42). The summed E-state index contributed by atoms with van der Waals surface area (Å²) in [6.45, 7) is 17.8. The maximum atomic E-state index is 13.4. The van der Waals surface area contributed by atoms with E-state index in [-0.39, 0.29) is 40.4 Å². The van der Waals surface area contributed by atoms with Crippen molar-refractivity contribution in [2.75, 3.05) is 44.7 Å². The molecule has 2 N–H and O–H groups in total. The van der Waals surface area contributed by atoms with Crippen LogP contribution in [0.5, 0.6) is 11.5 Å². The summed E-state index contributed by atoms with van der Waals surface area (Å²) in [6.07, 6.45) is 5.73. The molecule has 1 atom stereocenters. The van der Waals surface area contributed by atoms with Gasteiger partial charge in [0.05, 0.1) is 24.3 Å². The van der Waals surface area contributed by atoms with Gasteiger partial charge in [0.2, 0.25) is 5.95 Å². The fraction of sp³-hybridized carbons (Fsp3) is 0.647. The zero-order chi connectivity index (χ0) is 31.9. The van der Waals surface area contributed by atoms with Gasteiger partial charge in [-0.25, -0.2) is 9.97 Å². The number of carbonyl (C=O) groups is 1. The third-order valence-electron chi connectivity index (χ3n) is 10.3. The van der Waals surface area contributed by atoms with Crippen LogP contribution < -0.4 is 19.7 Å². The molecule has 1 saturated carbocycles. The van der Waals surface area contributed by atoms with E-state index in [4.69, 9.17) is 9.47 Å². The van der Waals surface area contributed by atoms with Crippen LogP contribution in [-0.4, -0.2) is 84.0 Å². The van der Waals surface area contributed by atoms with E-state index < -0.39 is 0 Å². The third kappa shape index (κ3) is 6.22. The van der Waals surface area contributed by atoms with Crippen LogP contribution >= 0.6 is 0 Å². The molecular weight excluding hydrogens is 556 g/mol. The predicted molar refractivity (Wildman–Crippen MR) is 169 cm³/mol. The number of methoxy groups -OCH3 is 1. The topological polar surface area (TPSA) is 124 Å². The van der Waals surface area contributed by atoms with Crippen LogP contribution in [0.25, 0.3) is 0 Å². The van der Waals surface area contributed by atoms with Crippen molar-refractivity contribution in [2.24, 2.45) is 22.2 Å². The SMILES string of the molecule is COc1cc(OC2C(C)(C)C(NC(=O)c3cnc(N4CCC(CN5CCC(O)CC5)C(C)(C)C4)nc3)C2(C)C)ccc1C#N.